The van der Waals surface area contributed by atoms with Gasteiger partial charge in [0.2, 0.25) is 0 Å². The zero-order chi connectivity index (χ0) is 15.9. The molecule has 2 aromatic carbocycles. The summed E-state index contributed by atoms with van der Waals surface area (Å²) in [4.78, 5) is 12.2. The van der Waals surface area contributed by atoms with Crippen LogP contribution >= 0.6 is 0 Å². The average molecular weight is 303 g/mol. The number of ether oxygens (including phenoxy) is 1. The van der Waals surface area contributed by atoms with Gasteiger partial charge >= 0.3 is 0 Å². The number of hydrogen-bond acceptors (Lipinski definition) is 3. The first-order valence-electron chi connectivity index (χ1n) is 6.90. The van der Waals surface area contributed by atoms with E-state index >= 15 is 0 Å². The molecule has 0 heterocycles. The van der Waals surface area contributed by atoms with Crippen molar-refractivity contribution in [3.63, 3.8) is 0 Å². The lowest BCUT2D eigenvalue weighted by molar-refractivity contribution is 0.0911. The normalized spacial score (nSPS) is 12.0. The highest BCUT2D eigenvalue weighted by molar-refractivity contribution is 5.95. The topological polar surface area (TPSA) is 58.6 Å². The van der Waals surface area contributed by atoms with Crippen molar-refractivity contribution in [1.82, 2.24) is 5.32 Å². The maximum Gasteiger partial charge on any atom is 0.251 e. The Morgan fingerprint density at radius 3 is 2.59 bits per heavy atom. The van der Waals surface area contributed by atoms with Gasteiger partial charge in [-0.3, -0.25) is 4.79 Å². The third-order valence-corrected chi connectivity index (χ3v) is 3.27. The Labute approximate surface area is 128 Å². The van der Waals surface area contributed by atoms with E-state index in [-0.39, 0.29) is 18.3 Å². The number of carbonyl (C=O) groups excluding carboxylic acids is 1. The van der Waals surface area contributed by atoms with Crippen LogP contribution in [0.4, 0.5) is 4.39 Å². The van der Waals surface area contributed by atoms with Crippen LogP contribution in [0.15, 0.2) is 48.5 Å². The number of hydrogen-bond donors (Lipinski definition) is 2. The van der Waals surface area contributed by atoms with Gasteiger partial charge in [-0.1, -0.05) is 30.3 Å². The second-order valence-corrected chi connectivity index (χ2v) is 4.87. The number of amides is 1. The second kappa shape index (κ2) is 7.68. The first-order valence-corrected chi connectivity index (χ1v) is 6.90. The van der Waals surface area contributed by atoms with Gasteiger partial charge in [-0.2, -0.15) is 0 Å². The number of halogens is 1. The van der Waals surface area contributed by atoms with Gasteiger partial charge in [0, 0.05) is 19.2 Å². The van der Waals surface area contributed by atoms with Crippen LogP contribution in [-0.2, 0) is 11.3 Å². The van der Waals surface area contributed by atoms with Crippen molar-refractivity contribution in [1.29, 1.82) is 0 Å². The Morgan fingerprint density at radius 2 is 1.91 bits per heavy atom. The largest absolute Gasteiger partial charge is 0.387 e. The van der Waals surface area contributed by atoms with Crippen LogP contribution in [0.3, 0.4) is 0 Å². The van der Waals surface area contributed by atoms with E-state index in [4.69, 9.17) is 4.74 Å². The Hall–Kier alpha value is -2.24. The molecule has 2 aromatic rings. The fourth-order valence-corrected chi connectivity index (χ4v) is 2.11. The third-order valence-electron chi connectivity index (χ3n) is 3.27. The van der Waals surface area contributed by atoms with Crippen LogP contribution in [0.1, 0.15) is 27.6 Å². The van der Waals surface area contributed by atoms with E-state index in [2.05, 4.69) is 5.32 Å². The molecule has 2 rings (SSSR count). The Balaban J connectivity index is 1.99. The van der Waals surface area contributed by atoms with E-state index in [1.807, 2.05) is 12.1 Å². The lowest BCUT2D eigenvalue weighted by atomic mass is 10.1. The fraction of sp³-hybridized carbons (Fsp3) is 0.235. The van der Waals surface area contributed by atoms with Crippen LogP contribution in [-0.4, -0.2) is 24.7 Å². The minimum atomic E-state index is -0.890. The molecule has 1 amide bonds. The summed E-state index contributed by atoms with van der Waals surface area (Å²) >= 11 is 0. The van der Waals surface area contributed by atoms with E-state index in [9.17, 15) is 14.3 Å². The number of rotatable bonds is 6. The highest BCUT2D eigenvalue weighted by Crippen LogP contribution is 2.14. The van der Waals surface area contributed by atoms with Crippen molar-refractivity contribution in [2.24, 2.45) is 0 Å². The summed E-state index contributed by atoms with van der Waals surface area (Å²) in [7, 11) is 1.56. The van der Waals surface area contributed by atoms with Crippen molar-refractivity contribution >= 4 is 5.91 Å². The first kappa shape index (κ1) is 16.1. The molecule has 1 unspecified atom stereocenters. The van der Waals surface area contributed by atoms with Gasteiger partial charge in [0.15, 0.2) is 0 Å². The summed E-state index contributed by atoms with van der Waals surface area (Å²) in [5.74, 6) is -0.651. The highest BCUT2D eigenvalue weighted by Gasteiger charge is 2.13. The second-order valence-electron chi connectivity index (χ2n) is 4.87. The molecule has 0 aromatic heterocycles. The van der Waals surface area contributed by atoms with E-state index < -0.39 is 6.10 Å². The average Bonchev–Trinajstić information content (AvgIpc) is 2.54. The number of nitrogens with one attached hydrogen (secondary N) is 1. The quantitative estimate of drug-likeness (QED) is 0.861. The summed E-state index contributed by atoms with van der Waals surface area (Å²) in [6.45, 7) is 0.385. The fourth-order valence-electron chi connectivity index (χ4n) is 2.11. The molecular formula is C17H18FNO3. The molecule has 0 aliphatic rings. The Kier molecular flexibility index (Phi) is 5.63. The van der Waals surface area contributed by atoms with Gasteiger partial charge in [0.05, 0.1) is 12.7 Å². The molecule has 0 saturated carbocycles. The third kappa shape index (κ3) is 4.13. The number of carbonyl (C=O) groups is 1. The van der Waals surface area contributed by atoms with Gasteiger partial charge in [-0.15, -0.1) is 0 Å². The lowest BCUT2D eigenvalue weighted by Gasteiger charge is -2.14. The van der Waals surface area contributed by atoms with E-state index in [0.717, 1.165) is 5.56 Å². The van der Waals surface area contributed by atoms with Crippen molar-refractivity contribution in [2.45, 2.75) is 12.7 Å². The van der Waals surface area contributed by atoms with Gasteiger partial charge < -0.3 is 15.2 Å². The molecule has 0 spiro atoms. The smallest absolute Gasteiger partial charge is 0.251 e. The summed E-state index contributed by atoms with van der Waals surface area (Å²) in [6.07, 6.45) is -0.890. The maximum atomic E-state index is 12.8. The van der Waals surface area contributed by atoms with Gasteiger partial charge in [-0.05, 0) is 29.3 Å². The monoisotopic (exact) mass is 303 g/mol. The zero-order valence-electron chi connectivity index (χ0n) is 12.3. The van der Waals surface area contributed by atoms with Crippen LogP contribution in [0.25, 0.3) is 0 Å². The molecule has 1 atom stereocenters. The first-order chi connectivity index (χ1) is 10.6. The molecule has 0 fully saturated rings. The molecule has 4 nitrogen and oxygen atoms in total. The van der Waals surface area contributed by atoms with Crippen LogP contribution in [0.5, 0.6) is 0 Å². The van der Waals surface area contributed by atoms with Gasteiger partial charge in [0.25, 0.3) is 5.91 Å². The molecule has 0 aliphatic heterocycles. The summed E-state index contributed by atoms with van der Waals surface area (Å²) in [6, 6.07) is 12.6. The summed E-state index contributed by atoms with van der Waals surface area (Å²) in [5.41, 5.74) is 1.83. The lowest BCUT2D eigenvalue weighted by Crippen LogP contribution is -2.29. The number of benzene rings is 2. The summed E-state index contributed by atoms with van der Waals surface area (Å²) < 4.78 is 17.9. The molecule has 22 heavy (non-hydrogen) atoms. The minimum Gasteiger partial charge on any atom is -0.387 e. The molecule has 0 aliphatic carbocycles. The highest BCUT2D eigenvalue weighted by atomic mass is 19.1. The predicted molar refractivity (Wildman–Crippen MR) is 80.8 cm³/mol. The zero-order valence-corrected chi connectivity index (χ0v) is 12.3. The molecular weight excluding hydrogens is 285 g/mol. The SMILES string of the molecule is COCc1ccccc1C(=O)NCC(O)c1ccc(F)cc1. The number of aliphatic hydroxyl groups is 1. The summed E-state index contributed by atoms with van der Waals surface area (Å²) in [5, 5.41) is 12.7. The maximum absolute atomic E-state index is 12.8. The standard InChI is InChI=1S/C17H18FNO3/c1-22-11-13-4-2-3-5-15(13)17(21)19-10-16(20)12-6-8-14(18)9-7-12/h2-9,16,20H,10-11H2,1H3,(H,19,21). The van der Waals surface area contributed by atoms with Crippen molar-refractivity contribution in [2.75, 3.05) is 13.7 Å². The molecule has 5 heteroatoms. The minimum absolute atomic E-state index is 0.0474. The number of methoxy groups -OCH3 is 1. The van der Waals surface area contributed by atoms with Crippen LogP contribution < -0.4 is 5.32 Å². The van der Waals surface area contributed by atoms with Crippen molar-refractivity contribution in [3.05, 3.63) is 71.0 Å². The van der Waals surface area contributed by atoms with E-state index in [1.54, 1.807) is 19.2 Å². The van der Waals surface area contributed by atoms with E-state index in [0.29, 0.717) is 17.7 Å². The van der Waals surface area contributed by atoms with Gasteiger partial charge in [0.1, 0.15) is 5.82 Å². The number of aliphatic hydroxyl groups excluding tert-OH is 1. The predicted octanol–water partition coefficient (Wildman–Crippen LogP) is 2.44. The molecule has 0 bridgehead atoms. The Bertz CT molecular complexity index is 628. The van der Waals surface area contributed by atoms with Gasteiger partial charge in [-0.25, -0.2) is 4.39 Å². The molecule has 0 radical (unpaired) electrons. The van der Waals surface area contributed by atoms with E-state index in [1.165, 1.54) is 24.3 Å². The van der Waals surface area contributed by atoms with Crippen molar-refractivity contribution in [3.8, 4) is 0 Å². The molecule has 2 N–H and O–H groups in total. The molecule has 116 valence electrons. The van der Waals surface area contributed by atoms with Crippen LogP contribution in [0, 0.1) is 5.82 Å². The van der Waals surface area contributed by atoms with Crippen molar-refractivity contribution < 1.29 is 19.0 Å². The Morgan fingerprint density at radius 1 is 1.23 bits per heavy atom. The molecule has 0 saturated heterocycles. The van der Waals surface area contributed by atoms with Crippen LogP contribution in [0.2, 0.25) is 0 Å².